The van der Waals surface area contributed by atoms with Crippen LogP contribution in [0.2, 0.25) is 0 Å². The molecule has 0 radical (unpaired) electrons. The molecule has 1 aliphatic heterocycles. The Bertz CT molecular complexity index is 622. The van der Waals surface area contributed by atoms with Gasteiger partial charge in [0.05, 0.1) is 11.6 Å². The number of alkyl halides is 3. The standard InChI is InChI=1S/C14H13F3N2O2/c1-9-6-11(3-2-10(9)7-18)19-5-4-13(8-19,12(20)21)14(15,16)17/h2-3,6H,4-5,8H2,1H3,(H,20,21). The largest absolute Gasteiger partial charge is 0.481 e. The van der Waals surface area contributed by atoms with E-state index >= 15 is 0 Å². The quantitative estimate of drug-likeness (QED) is 0.911. The van der Waals surface area contributed by atoms with Crippen LogP contribution >= 0.6 is 0 Å². The van der Waals surface area contributed by atoms with Gasteiger partial charge in [-0.15, -0.1) is 0 Å². The molecule has 1 fully saturated rings. The molecular formula is C14H13F3N2O2. The third-order valence-corrected chi connectivity index (χ3v) is 3.92. The minimum absolute atomic E-state index is 0.0111. The number of carboxylic acids is 1. The lowest BCUT2D eigenvalue weighted by molar-refractivity contribution is -0.225. The van der Waals surface area contributed by atoms with E-state index in [1.54, 1.807) is 19.1 Å². The zero-order valence-electron chi connectivity index (χ0n) is 11.2. The normalized spacial score (nSPS) is 22.1. The van der Waals surface area contributed by atoms with Crippen LogP contribution in [0.3, 0.4) is 0 Å². The average molecular weight is 298 g/mol. The van der Waals surface area contributed by atoms with Gasteiger partial charge in [-0.05, 0) is 37.1 Å². The summed E-state index contributed by atoms with van der Waals surface area (Å²) in [6, 6.07) is 6.65. The summed E-state index contributed by atoms with van der Waals surface area (Å²) < 4.78 is 39.3. The highest BCUT2D eigenvalue weighted by atomic mass is 19.4. The van der Waals surface area contributed by atoms with Crippen molar-refractivity contribution >= 4 is 11.7 Å². The number of carbonyl (C=O) groups is 1. The summed E-state index contributed by atoms with van der Waals surface area (Å²) in [4.78, 5) is 12.5. The van der Waals surface area contributed by atoms with Crippen LogP contribution in [0.25, 0.3) is 0 Å². The first-order valence-corrected chi connectivity index (χ1v) is 6.27. The smallest absolute Gasteiger partial charge is 0.406 e. The van der Waals surface area contributed by atoms with Crippen LogP contribution in [0.1, 0.15) is 17.5 Å². The first kappa shape index (κ1) is 15.2. The Hall–Kier alpha value is -2.23. The van der Waals surface area contributed by atoms with Crippen molar-refractivity contribution in [3.63, 3.8) is 0 Å². The van der Waals surface area contributed by atoms with Crippen molar-refractivity contribution in [1.29, 1.82) is 5.26 Å². The number of carboxylic acid groups (broad SMARTS) is 1. The van der Waals surface area contributed by atoms with Crippen molar-refractivity contribution in [2.24, 2.45) is 5.41 Å². The van der Waals surface area contributed by atoms with E-state index in [9.17, 15) is 18.0 Å². The molecular weight excluding hydrogens is 285 g/mol. The Labute approximate surface area is 119 Å². The summed E-state index contributed by atoms with van der Waals surface area (Å²) in [6.07, 6.45) is -5.28. The number of halogens is 3. The second-order valence-corrected chi connectivity index (χ2v) is 5.17. The van der Waals surface area contributed by atoms with E-state index in [2.05, 4.69) is 0 Å². The predicted molar refractivity (Wildman–Crippen MR) is 68.8 cm³/mol. The van der Waals surface area contributed by atoms with Crippen LogP contribution in [0, 0.1) is 23.7 Å². The fourth-order valence-corrected chi connectivity index (χ4v) is 2.53. The van der Waals surface area contributed by atoms with E-state index < -0.39 is 30.5 Å². The summed E-state index contributed by atoms with van der Waals surface area (Å²) in [5, 5.41) is 17.9. The van der Waals surface area contributed by atoms with Gasteiger partial charge in [-0.25, -0.2) is 0 Å². The fourth-order valence-electron chi connectivity index (χ4n) is 2.53. The number of anilines is 1. The van der Waals surface area contributed by atoms with E-state index in [0.29, 0.717) is 16.8 Å². The van der Waals surface area contributed by atoms with Crippen molar-refractivity contribution in [2.75, 3.05) is 18.0 Å². The van der Waals surface area contributed by atoms with Crippen LogP contribution < -0.4 is 4.90 Å². The molecule has 0 bridgehead atoms. The molecule has 1 aromatic rings. The van der Waals surface area contributed by atoms with Gasteiger partial charge in [-0.1, -0.05) is 0 Å². The van der Waals surface area contributed by atoms with Crippen molar-refractivity contribution < 1.29 is 23.1 Å². The van der Waals surface area contributed by atoms with Gasteiger partial charge in [0, 0.05) is 18.8 Å². The molecule has 0 aromatic heterocycles. The predicted octanol–water partition coefficient (Wildman–Crippen LogP) is 2.71. The maximum Gasteiger partial charge on any atom is 0.406 e. The van der Waals surface area contributed by atoms with E-state index in [1.165, 1.54) is 11.0 Å². The Balaban J connectivity index is 2.32. The molecule has 0 saturated carbocycles. The molecule has 1 saturated heterocycles. The van der Waals surface area contributed by atoms with Crippen LogP contribution in [0.15, 0.2) is 18.2 Å². The van der Waals surface area contributed by atoms with Crippen LogP contribution in [-0.4, -0.2) is 30.3 Å². The first-order chi connectivity index (χ1) is 9.71. The minimum Gasteiger partial charge on any atom is -0.481 e. The Morgan fingerprint density at radius 1 is 1.48 bits per heavy atom. The van der Waals surface area contributed by atoms with Crippen LogP contribution in [0.4, 0.5) is 18.9 Å². The highest BCUT2D eigenvalue weighted by Gasteiger charge is 2.63. The highest BCUT2D eigenvalue weighted by Crippen LogP contribution is 2.46. The van der Waals surface area contributed by atoms with Crippen molar-refractivity contribution in [2.45, 2.75) is 19.5 Å². The number of hydrogen-bond donors (Lipinski definition) is 1. The Kier molecular flexibility index (Phi) is 3.58. The van der Waals surface area contributed by atoms with E-state index in [0.717, 1.165) is 0 Å². The molecule has 112 valence electrons. The molecule has 1 heterocycles. The Morgan fingerprint density at radius 2 is 2.14 bits per heavy atom. The summed E-state index contributed by atoms with van der Waals surface area (Å²) in [5.41, 5.74) is -1.14. The van der Waals surface area contributed by atoms with Gasteiger partial charge in [0.1, 0.15) is 0 Å². The second-order valence-electron chi connectivity index (χ2n) is 5.17. The van der Waals surface area contributed by atoms with E-state index in [1.807, 2.05) is 6.07 Å². The number of nitrogens with zero attached hydrogens (tertiary/aromatic N) is 2. The topological polar surface area (TPSA) is 64.3 Å². The molecule has 1 N–H and O–H groups in total. The van der Waals surface area contributed by atoms with Gasteiger partial charge in [-0.2, -0.15) is 18.4 Å². The van der Waals surface area contributed by atoms with Gasteiger partial charge in [0.15, 0.2) is 5.41 Å². The molecule has 1 atom stereocenters. The highest BCUT2D eigenvalue weighted by molar-refractivity contribution is 5.78. The van der Waals surface area contributed by atoms with Crippen molar-refractivity contribution in [1.82, 2.24) is 0 Å². The SMILES string of the molecule is Cc1cc(N2CCC(C(=O)O)(C(F)(F)F)C2)ccc1C#N. The fraction of sp³-hybridized carbons (Fsp3) is 0.429. The number of hydrogen-bond acceptors (Lipinski definition) is 3. The van der Waals surface area contributed by atoms with Crippen molar-refractivity contribution in [3.05, 3.63) is 29.3 Å². The van der Waals surface area contributed by atoms with Gasteiger partial charge < -0.3 is 10.0 Å². The third kappa shape index (κ3) is 2.42. The molecule has 0 aliphatic carbocycles. The number of aliphatic carboxylic acids is 1. The minimum atomic E-state index is -4.80. The maximum atomic E-state index is 13.1. The van der Waals surface area contributed by atoms with Gasteiger partial charge in [-0.3, -0.25) is 4.79 Å². The average Bonchev–Trinajstić information content (AvgIpc) is 2.84. The van der Waals surface area contributed by atoms with Gasteiger partial charge >= 0.3 is 12.1 Å². The lowest BCUT2D eigenvalue weighted by Crippen LogP contribution is -2.47. The zero-order chi connectivity index (χ0) is 15.8. The lowest BCUT2D eigenvalue weighted by atomic mass is 9.86. The summed E-state index contributed by atoms with van der Waals surface area (Å²) in [7, 11) is 0. The number of rotatable bonds is 2. The molecule has 1 unspecified atom stereocenters. The maximum absolute atomic E-state index is 13.1. The van der Waals surface area contributed by atoms with Gasteiger partial charge in [0.2, 0.25) is 0 Å². The lowest BCUT2D eigenvalue weighted by Gasteiger charge is -2.28. The van der Waals surface area contributed by atoms with E-state index in [4.69, 9.17) is 10.4 Å². The summed E-state index contributed by atoms with van der Waals surface area (Å²) in [6.45, 7) is 1.08. The molecule has 0 spiro atoms. The monoisotopic (exact) mass is 298 g/mol. The summed E-state index contributed by atoms with van der Waals surface area (Å²) in [5.74, 6) is -1.84. The molecule has 0 amide bonds. The third-order valence-electron chi connectivity index (χ3n) is 3.92. The first-order valence-electron chi connectivity index (χ1n) is 6.27. The number of benzene rings is 1. The molecule has 1 aliphatic rings. The second kappa shape index (κ2) is 4.95. The molecule has 7 heteroatoms. The molecule has 1 aromatic carbocycles. The number of nitriles is 1. The molecule has 21 heavy (non-hydrogen) atoms. The van der Waals surface area contributed by atoms with E-state index in [-0.39, 0.29) is 6.54 Å². The molecule has 2 rings (SSSR count). The van der Waals surface area contributed by atoms with Crippen LogP contribution in [0.5, 0.6) is 0 Å². The van der Waals surface area contributed by atoms with Gasteiger partial charge in [0.25, 0.3) is 0 Å². The number of aryl methyl sites for hydroxylation is 1. The van der Waals surface area contributed by atoms with Crippen molar-refractivity contribution in [3.8, 4) is 6.07 Å². The summed E-state index contributed by atoms with van der Waals surface area (Å²) >= 11 is 0. The van der Waals surface area contributed by atoms with Crippen LogP contribution in [-0.2, 0) is 4.79 Å². The molecule has 4 nitrogen and oxygen atoms in total. The zero-order valence-corrected chi connectivity index (χ0v) is 11.2. The Morgan fingerprint density at radius 3 is 2.57 bits per heavy atom.